The van der Waals surface area contributed by atoms with Crippen molar-refractivity contribution >= 4 is 11.9 Å². The summed E-state index contributed by atoms with van der Waals surface area (Å²) in [5.41, 5.74) is 2.51. The molecule has 0 aliphatic carbocycles. The van der Waals surface area contributed by atoms with Crippen LogP contribution < -0.4 is 10.1 Å². The second-order valence-corrected chi connectivity index (χ2v) is 7.22. The number of hydrogen-bond acceptors (Lipinski definition) is 5. The van der Waals surface area contributed by atoms with E-state index in [1.807, 2.05) is 31.2 Å². The van der Waals surface area contributed by atoms with Crippen molar-refractivity contribution in [3.05, 3.63) is 65.2 Å². The molecule has 2 unspecified atom stereocenters. The molecule has 1 N–H and O–H groups in total. The third-order valence-electron chi connectivity index (χ3n) is 4.79. The van der Waals surface area contributed by atoms with Crippen molar-refractivity contribution in [2.45, 2.75) is 45.4 Å². The molecule has 2 aromatic carbocycles. The van der Waals surface area contributed by atoms with E-state index in [9.17, 15) is 9.59 Å². The Bertz CT molecular complexity index is 810. The Balaban J connectivity index is 1.44. The summed E-state index contributed by atoms with van der Waals surface area (Å²) in [5.74, 6) is -0.218. The average molecular weight is 397 g/mol. The minimum Gasteiger partial charge on any atom is -0.491 e. The monoisotopic (exact) mass is 397 g/mol. The molecule has 3 rings (SSSR count). The van der Waals surface area contributed by atoms with Gasteiger partial charge < -0.3 is 19.5 Å². The summed E-state index contributed by atoms with van der Waals surface area (Å²) in [4.78, 5) is 24.5. The van der Waals surface area contributed by atoms with Crippen LogP contribution in [0.3, 0.4) is 0 Å². The van der Waals surface area contributed by atoms with E-state index in [0.717, 1.165) is 30.6 Å². The highest BCUT2D eigenvalue weighted by molar-refractivity contribution is 5.92. The molecule has 0 radical (unpaired) electrons. The summed E-state index contributed by atoms with van der Waals surface area (Å²) in [6, 6.07) is 14.6. The molecule has 1 fully saturated rings. The van der Waals surface area contributed by atoms with Gasteiger partial charge in [-0.05, 0) is 56.5 Å². The molecular formula is C23H27NO5. The summed E-state index contributed by atoms with van der Waals surface area (Å²) in [7, 11) is 0. The van der Waals surface area contributed by atoms with Crippen LogP contribution in [0.5, 0.6) is 5.75 Å². The predicted octanol–water partition coefficient (Wildman–Crippen LogP) is 3.41. The number of nitrogens with one attached hydrogen (secondary N) is 1. The van der Waals surface area contributed by atoms with Crippen molar-refractivity contribution in [1.82, 2.24) is 5.32 Å². The van der Waals surface area contributed by atoms with Crippen molar-refractivity contribution in [3.8, 4) is 5.75 Å². The molecule has 1 saturated heterocycles. The van der Waals surface area contributed by atoms with Gasteiger partial charge in [0.05, 0.1) is 11.7 Å². The highest BCUT2D eigenvalue weighted by Crippen LogP contribution is 2.17. The van der Waals surface area contributed by atoms with E-state index < -0.39 is 12.1 Å². The second-order valence-electron chi connectivity index (χ2n) is 7.22. The van der Waals surface area contributed by atoms with Crippen molar-refractivity contribution < 1.29 is 23.8 Å². The number of rotatable bonds is 8. The van der Waals surface area contributed by atoms with Crippen LogP contribution in [0.15, 0.2) is 48.5 Å². The lowest BCUT2D eigenvalue weighted by Gasteiger charge is -2.14. The molecule has 1 aliphatic heterocycles. The molecule has 0 bridgehead atoms. The van der Waals surface area contributed by atoms with Gasteiger partial charge in [0.25, 0.3) is 5.91 Å². The van der Waals surface area contributed by atoms with Crippen molar-refractivity contribution in [2.24, 2.45) is 0 Å². The number of hydrogen-bond donors (Lipinski definition) is 1. The Morgan fingerprint density at radius 3 is 2.52 bits per heavy atom. The highest BCUT2D eigenvalue weighted by atomic mass is 16.5. The molecule has 6 nitrogen and oxygen atoms in total. The van der Waals surface area contributed by atoms with E-state index in [4.69, 9.17) is 14.2 Å². The fourth-order valence-corrected chi connectivity index (χ4v) is 2.97. The quantitative estimate of drug-likeness (QED) is 0.691. The third-order valence-corrected chi connectivity index (χ3v) is 4.79. The van der Waals surface area contributed by atoms with Crippen LogP contribution in [0.2, 0.25) is 0 Å². The Morgan fingerprint density at radius 1 is 1.14 bits per heavy atom. The molecule has 1 amide bonds. The van der Waals surface area contributed by atoms with Gasteiger partial charge in [-0.3, -0.25) is 4.79 Å². The number of amides is 1. The predicted molar refractivity (Wildman–Crippen MR) is 109 cm³/mol. The molecule has 6 heteroatoms. The van der Waals surface area contributed by atoms with Gasteiger partial charge in [-0.2, -0.15) is 0 Å². The van der Waals surface area contributed by atoms with Crippen LogP contribution in [0.4, 0.5) is 0 Å². The summed E-state index contributed by atoms with van der Waals surface area (Å²) in [6.07, 6.45) is 1.33. The number of carbonyl (C=O) groups excluding carboxylic acids is 2. The van der Waals surface area contributed by atoms with E-state index >= 15 is 0 Å². The lowest BCUT2D eigenvalue weighted by Crippen LogP contribution is -2.35. The van der Waals surface area contributed by atoms with E-state index in [1.165, 1.54) is 0 Å². The van der Waals surface area contributed by atoms with Gasteiger partial charge in [-0.25, -0.2) is 4.79 Å². The first-order chi connectivity index (χ1) is 14.0. The SMILES string of the molecule is Cc1ccc(CNC(=O)C(C)OC(=O)c2ccc(OCC3CCCO3)cc2)cc1. The van der Waals surface area contributed by atoms with Crippen molar-refractivity contribution in [3.63, 3.8) is 0 Å². The molecule has 1 aliphatic rings. The van der Waals surface area contributed by atoms with Gasteiger partial charge >= 0.3 is 5.97 Å². The van der Waals surface area contributed by atoms with Crippen LogP contribution >= 0.6 is 0 Å². The summed E-state index contributed by atoms with van der Waals surface area (Å²) in [5, 5.41) is 2.78. The maximum Gasteiger partial charge on any atom is 0.338 e. The average Bonchev–Trinajstić information content (AvgIpc) is 3.25. The maximum absolute atomic E-state index is 12.3. The smallest absolute Gasteiger partial charge is 0.338 e. The summed E-state index contributed by atoms with van der Waals surface area (Å²) >= 11 is 0. The normalized spacial score (nSPS) is 16.8. The third kappa shape index (κ3) is 6.32. The Labute approximate surface area is 171 Å². The lowest BCUT2D eigenvalue weighted by molar-refractivity contribution is -0.129. The minimum absolute atomic E-state index is 0.138. The van der Waals surface area contributed by atoms with Crippen LogP contribution in [-0.4, -0.2) is 37.3 Å². The molecule has 0 aromatic heterocycles. The Morgan fingerprint density at radius 2 is 1.86 bits per heavy atom. The molecule has 0 spiro atoms. The van der Waals surface area contributed by atoms with Crippen LogP contribution in [0, 0.1) is 6.92 Å². The number of esters is 1. The van der Waals surface area contributed by atoms with Gasteiger partial charge in [-0.15, -0.1) is 0 Å². The number of benzene rings is 2. The highest BCUT2D eigenvalue weighted by Gasteiger charge is 2.19. The van der Waals surface area contributed by atoms with E-state index in [1.54, 1.807) is 31.2 Å². The largest absolute Gasteiger partial charge is 0.491 e. The zero-order valence-electron chi connectivity index (χ0n) is 16.9. The van der Waals surface area contributed by atoms with E-state index in [-0.39, 0.29) is 12.0 Å². The molecule has 0 saturated carbocycles. The zero-order valence-corrected chi connectivity index (χ0v) is 16.9. The zero-order chi connectivity index (χ0) is 20.6. The molecule has 154 valence electrons. The van der Waals surface area contributed by atoms with E-state index in [2.05, 4.69) is 5.32 Å². The molecular weight excluding hydrogens is 370 g/mol. The molecule has 29 heavy (non-hydrogen) atoms. The van der Waals surface area contributed by atoms with Crippen LogP contribution in [0.1, 0.15) is 41.3 Å². The number of carbonyl (C=O) groups is 2. The standard InChI is InChI=1S/C23H27NO5/c1-16-5-7-18(8-6-16)14-24-22(25)17(2)29-23(26)19-9-11-20(12-10-19)28-15-21-4-3-13-27-21/h5-12,17,21H,3-4,13-15H2,1-2H3,(H,24,25). The molecule has 1 heterocycles. The molecule has 2 aromatic rings. The topological polar surface area (TPSA) is 73.9 Å². The first-order valence-electron chi connectivity index (χ1n) is 9.90. The van der Waals surface area contributed by atoms with Crippen LogP contribution in [0.25, 0.3) is 0 Å². The fraction of sp³-hybridized carbons (Fsp3) is 0.391. The Kier molecular flexibility index (Phi) is 7.25. The number of ether oxygens (including phenoxy) is 3. The maximum atomic E-state index is 12.3. The van der Waals surface area contributed by atoms with Gasteiger partial charge in [0.1, 0.15) is 12.4 Å². The minimum atomic E-state index is -0.886. The Hall–Kier alpha value is -2.86. The van der Waals surface area contributed by atoms with E-state index in [0.29, 0.717) is 24.5 Å². The van der Waals surface area contributed by atoms with Crippen molar-refractivity contribution in [1.29, 1.82) is 0 Å². The summed E-state index contributed by atoms with van der Waals surface area (Å²) in [6.45, 7) is 5.24. The van der Waals surface area contributed by atoms with Gasteiger partial charge in [0.2, 0.25) is 0 Å². The first kappa shape index (κ1) is 20.9. The van der Waals surface area contributed by atoms with Crippen LogP contribution in [-0.2, 0) is 20.8 Å². The first-order valence-corrected chi connectivity index (χ1v) is 9.90. The number of aryl methyl sites for hydroxylation is 1. The lowest BCUT2D eigenvalue weighted by atomic mass is 10.1. The van der Waals surface area contributed by atoms with Gasteiger partial charge in [0.15, 0.2) is 6.10 Å². The fourth-order valence-electron chi connectivity index (χ4n) is 2.97. The van der Waals surface area contributed by atoms with Crippen molar-refractivity contribution in [2.75, 3.05) is 13.2 Å². The summed E-state index contributed by atoms with van der Waals surface area (Å²) < 4.78 is 16.5. The van der Waals surface area contributed by atoms with Gasteiger partial charge in [0, 0.05) is 13.2 Å². The molecule has 2 atom stereocenters. The van der Waals surface area contributed by atoms with Gasteiger partial charge in [-0.1, -0.05) is 29.8 Å². The second kappa shape index (κ2) is 10.1.